The van der Waals surface area contributed by atoms with Crippen LogP contribution in [0.3, 0.4) is 0 Å². The fourth-order valence-corrected chi connectivity index (χ4v) is 0.447. The molecule has 0 spiro atoms. The van der Waals surface area contributed by atoms with Crippen molar-refractivity contribution in [2.45, 2.75) is 6.92 Å². The van der Waals surface area contributed by atoms with E-state index in [9.17, 15) is 0 Å². The van der Waals surface area contributed by atoms with Crippen LogP contribution in [0.2, 0.25) is 0 Å². The van der Waals surface area contributed by atoms with E-state index in [0.717, 1.165) is 5.84 Å². The van der Waals surface area contributed by atoms with Crippen molar-refractivity contribution < 1.29 is 0 Å². The lowest BCUT2D eigenvalue weighted by Crippen LogP contribution is -2.14. The molecule has 0 heterocycles. The molecule has 0 aromatic carbocycles. The van der Waals surface area contributed by atoms with Crippen molar-refractivity contribution >= 4 is 5.84 Å². The van der Waals surface area contributed by atoms with Gasteiger partial charge in [0.2, 0.25) is 0 Å². The lowest BCUT2D eigenvalue weighted by molar-refractivity contribution is 1.17. The highest BCUT2D eigenvalue weighted by atomic mass is 14.9. The number of likely N-dealkylation sites (N-methyl/N-ethyl adjacent to an activating group) is 1. The number of nitrogens with zero attached hydrogens (tertiary/aromatic N) is 1. The van der Waals surface area contributed by atoms with Crippen LogP contribution in [0.25, 0.3) is 0 Å². The Morgan fingerprint density at radius 1 is 1.67 bits per heavy atom. The van der Waals surface area contributed by atoms with Crippen molar-refractivity contribution in [3.05, 3.63) is 24.9 Å². The Hall–Kier alpha value is -1.05. The van der Waals surface area contributed by atoms with Gasteiger partial charge in [-0.15, -0.1) is 0 Å². The maximum Gasteiger partial charge on any atom is 0.125 e. The lowest BCUT2D eigenvalue weighted by atomic mass is 10.5. The zero-order valence-corrected chi connectivity index (χ0v) is 5.89. The fourth-order valence-electron chi connectivity index (χ4n) is 0.447. The van der Waals surface area contributed by atoms with E-state index in [1.807, 2.05) is 26.1 Å². The van der Waals surface area contributed by atoms with E-state index in [0.29, 0.717) is 0 Å². The number of aliphatic imine (C=N–C) groups is 1. The molecule has 50 valence electrons. The van der Waals surface area contributed by atoms with E-state index in [-0.39, 0.29) is 0 Å². The minimum atomic E-state index is 0.826. The quantitative estimate of drug-likeness (QED) is 0.436. The summed E-state index contributed by atoms with van der Waals surface area (Å²) in [6.07, 6.45) is 5.30. The first-order valence-corrected chi connectivity index (χ1v) is 2.84. The second-order valence-corrected chi connectivity index (χ2v) is 1.45. The normalized spacial score (nSPS) is 12.0. The molecule has 0 rings (SSSR count). The molecule has 0 aromatic heterocycles. The highest BCUT2D eigenvalue weighted by Crippen LogP contribution is 1.77. The van der Waals surface area contributed by atoms with E-state index in [2.05, 4.69) is 16.9 Å². The van der Waals surface area contributed by atoms with Crippen LogP contribution in [-0.4, -0.2) is 12.9 Å². The summed E-state index contributed by atoms with van der Waals surface area (Å²) in [7, 11) is 1.82. The Labute approximate surface area is 56.0 Å². The Kier molecular flexibility index (Phi) is 4.50. The zero-order chi connectivity index (χ0) is 7.11. The lowest BCUT2D eigenvalue weighted by Gasteiger charge is -1.93. The zero-order valence-electron chi connectivity index (χ0n) is 5.89. The number of hydrogen-bond donors (Lipinski definition) is 1. The highest BCUT2D eigenvalue weighted by Gasteiger charge is 1.80. The molecule has 2 heteroatoms. The molecule has 0 radical (unpaired) electrons. The van der Waals surface area contributed by atoms with Crippen LogP contribution in [0.15, 0.2) is 29.9 Å². The topological polar surface area (TPSA) is 24.4 Å². The van der Waals surface area contributed by atoms with Gasteiger partial charge in [-0.05, 0) is 13.0 Å². The highest BCUT2D eigenvalue weighted by molar-refractivity contribution is 5.92. The molecule has 0 aliphatic rings. The third-order valence-electron chi connectivity index (χ3n) is 0.811. The molecule has 0 amide bonds. The molecule has 2 nitrogen and oxygen atoms in total. The van der Waals surface area contributed by atoms with Crippen LogP contribution >= 0.6 is 0 Å². The molecular weight excluding hydrogens is 112 g/mol. The predicted molar refractivity (Wildman–Crippen MR) is 41.5 cm³/mol. The standard InChI is InChI=1S/C7H12N2/c1-4-6-7(8-3)9-5-2/h4-6H,2H2,1,3H3,(H,8,9)/b6-4-. The second kappa shape index (κ2) is 5.09. The molecule has 0 saturated carbocycles. The van der Waals surface area contributed by atoms with Crippen LogP contribution in [0.5, 0.6) is 0 Å². The summed E-state index contributed by atoms with van der Waals surface area (Å²) in [6.45, 7) is 5.41. The van der Waals surface area contributed by atoms with Gasteiger partial charge in [0.1, 0.15) is 5.84 Å². The van der Waals surface area contributed by atoms with Gasteiger partial charge in [-0.3, -0.25) is 0 Å². The molecule has 0 aromatic rings. The van der Waals surface area contributed by atoms with Crippen molar-refractivity contribution in [2.24, 2.45) is 4.99 Å². The summed E-state index contributed by atoms with van der Waals surface area (Å²) in [5.41, 5.74) is 0. The summed E-state index contributed by atoms with van der Waals surface area (Å²) in [6, 6.07) is 0. The minimum Gasteiger partial charge on any atom is -0.373 e. The number of allylic oxidation sites excluding steroid dienone is 1. The van der Waals surface area contributed by atoms with E-state index in [4.69, 9.17) is 0 Å². The van der Waals surface area contributed by atoms with Crippen LogP contribution < -0.4 is 5.32 Å². The van der Waals surface area contributed by atoms with Crippen LogP contribution in [0.4, 0.5) is 0 Å². The molecule has 0 bridgehead atoms. The average Bonchev–Trinajstić information content (AvgIpc) is 1.88. The summed E-state index contributed by atoms with van der Waals surface area (Å²) in [4.78, 5) is 3.92. The largest absolute Gasteiger partial charge is 0.373 e. The molecule has 0 fully saturated rings. The molecule has 0 aliphatic carbocycles. The first-order valence-electron chi connectivity index (χ1n) is 2.84. The average molecular weight is 124 g/mol. The Bertz CT molecular complexity index is 134. The van der Waals surface area contributed by atoms with Gasteiger partial charge in [0, 0.05) is 13.2 Å². The van der Waals surface area contributed by atoms with E-state index in [1.54, 1.807) is 0 Å². The molecule has 0 aliphatic heterocycles. The van der Waals surface area contributed by atoms with Crippen LogP contribution in [-0.2, 0) is 0 Å². The number of hydrogen-bond acceptors (Lipinski definition) is 1. The van der Waals surface area contributed by atoms with Gasteiger partial charge < -0.3 is 5.32 Å². The molecular formula is C7H12N2. The van der Waals surface area contributed by atoms with Gasteiger partial charge in [-0.25, -0.2) is 4.99 Å². The predicted octanol–water partition coefficient (Wildman–Crippen LogP) is 1.32. The van der Waals surface area contributed by atoms with Gasteiger partial charge in [0.25, 0.3) is 0 Å². The van der Waals surface area contributed by atoms with Gasteiger partial charge in [0.15, 0.2) is 0 Å². The Balaban J connectivity index is 3.96. The van der Waals surface area contributed by atoms with Crippen molar-refractivity contribution in [2.75, 3.05) is 7.05 Å². The summed E-state index contributed by atoms with van der Waals surface area (Å²) in [5.74, 6) is 0.826. The van der Waals surface area contributed by atoms with Gasteiger partial charge in [-0.2, -0.15) is 0 Å². The SMILES string of the molecule is C=C/N=C(\C=C/C)NC. The number of rotatable bonds is 2. The monoisotopic (exact) mass is 124 g/mol. The Morgan fingerprint density at radius 2 is 2.33 bits per heavy atom. The summed E-state index contributed by atoms with van der Waals surface area (Å²) < 4.78 is 0. The van der Waals surface area contributed by atoms with Gasteiger partial charge in [-0.1, -0.05) is 12.7 Å². The smallest absolute Gasteiger partial charge is 0.125 e. The van der Waals surface area contributed by atoms with E-state index < -0.39 is 0 Å². The van der Waals surface area contributed by atoms with Gasteiger partial charge in [0.05, 0.1) is 0 Å². The first-order chi connectivity index (χ1) is 4.35. The molecule has 0 atom stereocenters. The van der Waals surface area contributed by atoms with E-state index in [1.165, 1.54) is 6.20 Å². The molecule has 0 saturated heterocycles. The maximum absolute atomic E-state index is 3.92. The third kappa shape index (κ3) is 3.53. The molecule has 0 unspecified atom stereocenters. The van der Waals surface area contributed by atoms with Crippen LogP contribution in [0, 0.1) is 0 Å². The van der Waals surface area contributed by atoms with E-state index >= 15 is 0 Å². The van der Waals surface area contributed by atoms with Gasteiger partial charge >= 0.3 is 0 Å². The molecule has 9 heavy (non-hydrogen) atoms. The van der Waals surface area contributed by atoms with Crippen molar-refractivity contribution in [3.63, 3.8) is 0 Å². The first kappa shape index (κ1) is 7.95. The number of nitrogens with one attached hydrogen (secondary N) is 1. The Morgan fingerprint density at radius 3 is 2.67 bits per heavy atom. The van der Waals surface area contributed by atoms with Crippen molar-refractivity contribution in [1.82, 2.24) is 5.32 Å². The van der Waals surface area contributed by atoms with Crippen LogP contribution in [0.1, 0.15) is 6.92 Å². The maximum atomic E-state index is 3.92. The second-order valence-electron chi connectivity index (χ2n) is 1.45. The fraction of sp³-hybridized carbons (Fsp3) is 0.286. The van der Waals surface area contributed by atoms with Crippen molar-refractivity contribution in [3.8, 4) is 0 Å². The minimum absolute atomic E-state index is 0.826. The summed E-state index contributed by atoms with van der Waals surface area (Å²) >= 11 is 0. The molecule has 1 N–H and O–H groups in total. The summed E-state index contributed by atoms with van der Waals surface area (Å²) in [5, 5.41) is 2.90. The third-order valence-corrected chi connectivity index (χ3v) is 0.811. The number of amidine groups is 1. The van der Waals surface area contributed by atoms with Crippen molar-refractivity contribution in [1.29, 1.82) is 0 Å².